The molecule has 2 N–H and O–H groups in total. The molecular weight excluding hydrogens is 232 g/mol. The molecule has 17 heavy (non-hydrogen) atoms. The van der Waals surface area contributed by atoms with E-state index in [1.54, 1.807) is 11.3 Å². The summed E-state index contributed by atoms with van der Waals surface area (Å²) in [6.07, 6.45) is 4.48. The number of hydrogen-bond acceptors (Lipinski definition) is 3. The molecule has 0 saturated heterocycles. The Bertz CT molecular complexity index is 381. The Morgan fingerprint density at radius 3 is 2.41 bits per heavy atom. The molecule has 0 radical (unpaired) electrons. The maximum Gasteiger partial charge on any atom is 0.252 e. The summed E-state index contributed by atoms with van der Waals surface area (Å²) in [6.45, 7) is 1.99. The van der Waals surface area contributed by atoms with Crippen molar-refractivity contribution in [3.63, 3.8) is 0 Å². The predicted octanol–water partition coefficient (Wildman–Crippen LogP) is 2.32. The van der Waals surface area contributed by atoms with E-state index in [1.807, 2.05) is 24.7 Å². The van der Waals surface area contributed by atoms with Gasteiger partial charge in [0.1, 0.15) is 0 Å². The van der Waals surface area contributed by atoms with E-state index in [9.17, 15) is 4.79 Å². The predicted molar refractivity (Wildman–Crippen MR) is 71.6 cm³/mol. The third-order valence-corrected chi connectivity index (χ3v) is 4.43. The Hall–Kier alpha value is -0.870. The van der Waals surface area contributed by atoms with Crippen molar-refractivity contribution in [2.24, 2.45) is 0 Å². The molecule has 1 heterocycles. The molecule has 1 aromatic rings. The number of aryl methyl sites for hydroxylation is 1. The third kappa shape index (κ3) is 3.07. The molecule has 1 amide bonds. The van der Waals surface area contributed by atoms with E-state index >= 15 is 0 Å². The van der Waals surface area contributed by atoms with Crippen molar-refractivity contribution in [2.45, 2.75) is 44.7 Å². The van der Waals surface area contributed by atoms with Crippen LogP contribution in [0, 0.1) is 6.92 Å². The van der Waals surface area contributed by atoms with Crippen LogP contribution >= 0.6 is 11.3 Å². The zero-order valence-electron chi connectivity index (χ0n) is 10.5. The van der Waals surface area contributed by atoms with Gasteiger partial charge in [-0.1, -0.05) is 0 Å². The summed E-state index contributed by atoms with van der Waals surface area (Å²) >= 11 is 1.59. The maximum absolute atomic E-state index is 12.0. The SMILES string of the molecule is CNC1CCC(NC(=O)c2cscc2C)CC1. The van der Waals surface area contributed by atoms with Gasteiger partial charge in [0.2, 0.25) is 0 Å². The van der Waals surface area contributed by atoms with Crippen LogP contribution in [0.3, 0.4) is 0 Å². The topological polar surface area (TPSA) is 41.1 Å². The normalized spacial score (nSPS) is 24.6. The van der Waals surface area contributed by atoms with Crippen LogP contribution < -0.4 is 10.6 Å². The van der Waals surface area contributed by atoms with Gasteiger partial charge in [-0.25, -0.2) is 0 Å². The van der Waals surface area contributed by atoms with E-state index in [-0.39, 0.29) is 5.91 Å². The monoisotopic (exact) mass is 252 g/mol. The molecule has 1 saturated carbocycles. The lowest BCUT2D eigenvalue weighted by Crippen LogP contribution is -2.41. The van der Waals surface area contributed by atoms with Gasteiger partial charge in [-0.15, -0.1) is 0 Å². The number of thiophene rings is 1. The summed E-state index contributed by atoms with van der Waals surface area (Å²) < 4.78 is 0. The maximum atomic E-state index is 12.0. The Morgan fingerprint density at radius 1 is 1.24 bits per heavy atom. The first-order valence-electron chi connectivity index (χ1n) is 6.21. The molecule has 0 atom stereocenters. The molecular formula is C13H20N2OS. The number of amides is 1. The van der Waals surface area contributed by atoms with Crippen LogP contribution in [0.4, 0.5) is 0 Å². The van der Waals surface area contributed by atoms with Gasteiger partial charge in [-0.3, -0.25) is 4.79 Å². The lowest BCUT2D eigenvalue weighted by Gasteiger charge is -2.28. The summed E-state index contributed by atoms with van der Waals surface area (Å²) in [7, 11) is 2.01. The fraction of sp³-hybridized carbons (Fsp3) is 0.615. The molecule has 1 aromatic heterocycles. The number of nitrogens with one attached hydrogen (secondary N) is 2. The smallest absolute Gasteiger partial charge is 0.252 e. The van der Waals surface area contributed by atoms with E-state index in [1.165, 1.54) is 0 Å². The first kappa shape index (κ1) is 12.6. The fourth-order valence-electron chi connectivity index (χ4n) is 2.38. The van der Waals surface area contributed by atoms with Gasteiger partial charge in [0.25, 0.3) is 5.91 Å². The van der Waals surface area contributed by atoms with E-state index in [4.69, 9.17) is 0 Å². The first-order valence-corrected chi connectivity index (χ1v) is 7.16. The van der Waals surface area contributed by atoms with Crippen molar-refractivity contribution in [1.29, 1.82) is 0 Å². The lowest BCUT2D eigenvalue weighted by atomic mass is 9.91. The van der Waals surface area contributed by atoms with Crippen LogP contribution in [0.1, 0.15) is 41.6 Å². The molecule has 2 rings (SSSR count). The summed E-state index contributed by atoms with van der Waals surface area (Å²) in [5.41, 5.74) is 1.92. The molecule has 0 bridgehead atoms. The van der Waals surface area contributed by atoms with Crippen LogP contribution in [0.15, 0.2) is 10.8 Å². The summed E-state index contributed by atoms with van der Waals surface area (Å²) in [4.78, 5) is 12.0. The van der Waals surface area contributed by atoms with Crippen LogP contribution in [-0.2, 0) is 0 Å². The summed E-state index contributed by atoms with van der Waals surface area (Å²) in [6, 6.07) is 0.984. The Morgan fingerprint density at radius 2 is 1.88 bits per heavy atom. The van der Waals surface area contributed by atoms with E-state index in [0.717, 1.165) is 36.8 Å². The molecule has 3 nitrogen and oxygen atoms in total. The molecule has 0 aromatic carbocycles. The number of rotatable bonds is 3. The van der Waals surface area contributed by atoms with Gasteiger partial charge >= 0.3 is 0 Å². The highest BCUT2D eigenvalue weighted by atomic mass is 32.1. The summed E-state index contributed by atoms with van der Waals surface area (Å²) in [5, 5.41) is 10.4. The van der Waals surface area contributed by atoms with Gasteiger partial charge < -0.3 is 10.6 Å². The van der Waals surface area contributed by atoms with Crippen LogP contribution in [-0.4, -0.2) is 25.0 Å². The molecule has 1 aliphatic carbocycles. The zero-order chi connectivity index (χ0) is 12.3. The largest absolute Gasteiger partial charge is 0.349 e. The van der Waals surface area contributed by atoms with Crippen molar-refractivity contribution < 1.29 is 4.79 Å². The van der Waals surface area contributed by atoms with Crippen molar-refractivity contribution in [3.05, 3.63) is 21.9 Å². The van der Waals surface area contributed by atoms with Crippen molar-refractivity contribution >= 4 is 17.2 Å². The second-order valence-electron chi connectivity index (χ2n) is 4.78. The number of hydrogen-bond donors (Lipinski definition) is 2. The molecule has 0 spiro atoms. The van der Waals surface area contributed by atoms with E-state index in [0.29, 0.717) is 12.1 Å². The van der Waals surface area contributed by atoms with Gasteiger partial charge in [0.15, 0.2) is 0 Å². The van der Waals surface area contributed by atoms with Gasteiger partial charge in [-0.2, -0.15) is 11.3 Å². The highest BCUT2D eigenvalue weighted by Gasteiger charge is 2.22. The number of carbonyl (C=O) groups is 1. The van der Waals surface area contributed by atoms with Gasteiger partial charge in [-0.05, 0) is 50.6 Å². The highest BCUT2D eigenvalue weighted by Crippen LogP contribution is 2.20. The van der Waals surface area contributed by atoms with Gasteiger partial charge in [0, 0.05) is 17.5 Å². The third-order valence-electron chi connectivity index (χ3n) is 3.57. The second kappa shape index (κ2) is 5.65. The molecule has 1 aliphatic rings. The average molecular weight is 252 g/mol. The minimum atomic E-state index is 0.0941. The van der Waals surface area contributed by atoms with Gasteiger partial charge in [0.05, 0.1) is 5.56 Å². The quantitative estimate of drug-likeness (QED) is 0.867. The molecule has 0 unspecified atom stereocenters. The van der Waals surface area contributed by atoms with E-state index < -0.39 is 0 Å². The molecule has 0 aliphatic heterocycles. The van der Waals surface area contributed by atoms with Crippen LogP contribution in [0.2, 0.25) is 0 Å². The molecule has 94 valence electrons. The van der Waals surface area contributed by atoms with Crippen LogP contribution in [0.25, 0.3) is 0 Å². The van der Waals surface area contributed by atoms with Crippen molar-refractivity contribution in [3.8, 4) is 0 Å². The van der Waals surface area contributed by atoms with Crippen molar-refractivity contribution in [2.75, 3.05) is 7.05 Å². The number of carbonyl (C=O) groups excluding carboxylic acids is 1. The summed E-state index contributed by atoms with van der Waals surface area (Å²) in [5.74, 6) is 0.0941. The average Bonchev–Trinajstić information content (AvgIpc) is 2.76. The second-order valence-corrected chi connectivity index (χ2v) is 5.52. The standard InChI is InChI=1S/C13H20N2OS/c1-9-7-17-8-12(9)13(16)15-11-5-3-10(14-2)4-6-11/h7-8,10-11,14H,3-6H2,1-2H3,(H,15,16). The Labute approximate surface area is 107 Å². The molecule has 1 fully saturated rings. The van der Waals surface area contributed by atoms with Crippen molar-refractivity contribution in [1.82, 2.24) is 10.6 Å². The van der Waals surface area contributed by atoms with Crippen LogP contribution in [0.5, 0.6) is 0 Å². The zero-order valence-corrected chi connectivity index (χ0v) is 11.3. The highest BCUT2D eigenvalue weighted by molar-refractivity contribution is 7.08. The minimum Gasteiger partial charge on any atom is -0.349 e. The Balaban J connectivity index is 1.86. The Kier molecular flexibility index (Phi) is 4.18. The van der Waals surface area contributed by atoms with E-state index in [2.05, 4.69) is 10.6 Å². The molecule has 4 heteroatoms. The fourth-order valence-corrected chi connectivity index (χ4v) is 3.21. The first-order chi connectivity index (χ1) is 8.20. The lowest BCUT2D eigenvalue weighted by molar-refractivity contribution is 0.0924. The minimum absolute atomic E-state index is 0.0941.